The molecule has 3 aromatic heterocycles. The Morgan fingerprint density at radius 2 is 1.48 bits per heavy atom. The molecule has 7 rings (SSSR count). The van der Waals surface area contributed by atoms with Crippen LogP contribution in [0.15, 0.2) is 109 Å². The second-order valence-electron chi connectivity index (χ2n) is 13.0. The summed E-state index contributed by atoms with van der Waals surface area (Å²) in [5, 5.41) is 7.54. The zero-order valence-corrected chi connectivity index (χ0v) is 27.5. The van der Waals surface area contributed by atoms with E-state index in [0.29, 0.717) is 0 Å². The molecule has 0 aliphatic carbocycles. The number of benzene rings is 4. The summed E-state index contributed by atoms with van der Waals surface area (Å²) in [4.78, 5) is 4.75. The lowest BCUT2D eigenvalue weighted by Crippen LogP contribution is -2.13. The van der Waals surface area contributed by atoms with E-state index >= 15 is 0 Å². The van der Waals surface area contributed by atoms with Crippen LogP contribution in [-0.4, -0.2) is 19.3 Å². The van der Waals surface area contributed by atoms with Gasteiger partial charge in [-0.2, -0.15) is 5.10 Å². The maximum atomic E-state index is 6.74. The van der Waals surface area contributed by atoms with Crippen molar-refractivity contribution in [2.45, 2.75) is 59.8 Å². The molecule has 0 aliphatic rings. The number of hydrogen-bond donors (Lipinski definition) is 0. The number of ether oxygens (including phenoxy) is 1. The largest absolute Gasteiger partial charge is 0.457 e. The molecule has 4 aromatic carbocycles. The maximum Gasteiger partial charge on any atom is 0.137 e. The lowest BCUT2D eigenvalue weighted by molar-refractivity contribution is 0.478. The minimum atomic E-state index is -0.0866. The Labute approximate surface area is 271 Å². The Morgan fingerprint density at radius 3 is 2.22 bits per heavy atom. The van der Waals surface area contributed by atoms with Crippen molar-refractivity contribution < 1.29 is 4.74 Å². The lowest BCUT2D eigenvalue weighted by atomic mass is 9.86. The monoisotopic (exact) mass is 604 g/mol. The molecule has 0 aliphatic heterocycles. The fourth-order valence-electron chi connectivity index (χ4n) is 6.47. The average Bonchev–Trinajstić information content (AvgIpc) is 3.60. The molecule has 0 saturated carbocycles. The van der Waals surface area contributed by atoms with E-state index in [-0.39, 0.29) is 5.41 Å². The summed E-state index contributed by atoms with van der Waals surface area (Å²) in [7, 11) is 0. The van der Waals surface area contributed by atoms with Gasteiger partial charge in [-0.25, -0.2) is 9.67 Å². The van der Waals surface area contributed by atoms with Gasteiger partial charge in [-0.1, -0.05) is 83.1 Å². The topological polar surface area (TPSA) is 44.9 Å². The standard InChI is InChI=1S/C41H40N4O/c1-7-35-40(28-14-10-9-11-15-28)36(8-2)45(43-35)30-23-29(41(4,5)6)24-32(25-30)46-31-18-19-34-33-16-12-13-17-37(33)44(38(34)26-31)39-22-27(3)20-21-42-39/h9-26H,7-8H2,1-6H3. The molecule has 0 N–H and O–H groups in total. The van der Waals surface area contributed by atoms with Crippen LogP contribution in [0.25, 0.3) is 44.4 Å². The molecule has 0 saturated heterocycles. The summed E-state index contributed by atoms with van der Waals surface area (Å²) < 4.78 is 11.1. The molecule has 230 valence electrons. The molecule has 46 heavy (non-hydrogen) atoms. The molecule has 3 heterocycles. The Balaban J connectivity index is 1.37. The molecule has 0 atom stereocenters. The third kappa shape index (κ3) is 5.26. The van der Waals surface area contributed by atoms with Gasteiger partial charge >= 0.3 is 0 Å². The van der Waals surface area contributed by atoms with E-state index in [0.717, 1.165) is 52.6 Å². The summed E-state index contributed by atoms with van der Waals surface area (Å²) in [5.41, 5.74) is 10.2. The number of pyridine rings is 1. The SMILES string of the molecule is CCc1nn(-c2cc(Oc3ccc4c5ccccc5n(-c5cc(C)ccn5)c4c3)cc(C(C)(C)C)c2)c(CC)c1-c1ccccc1. The van der Waals surface area contributed by atoms with Gasteiger partial charge in [0.05, 0.1) is 28.1 Å². The van der Waals surface area contributed by atoms with Gasteiger partial charge in [-0.15, -0.1) is 0 Å². The summed E-state index contributed by atoms with van der Waals surface area (Å²) >= 11 is 0. The second kappa shape index (κ2) is 11.6. The minimum absolute atomic E-state index is 0.0866. The fourth-order valence-corrected chi connectivity index (χ4v) is 6.47. The van der Waals surface area contributed by atoms with Crippen LogP contribution in [0, 0.1) is 6.92 Å². The molecular formula is C41H40N4O. The highest BCUT2D eigenvalue weighted by Gasteiger charge is 2.22. The lowest BCUT2D eigenvalue weighted by Gasteiger charge is -2.22. The van der Waals surface area contributed by atoms with Crippen LogP contribution in [0.1, 0.15) is 57.1 Å². The predicted octanol–water partition coefficient (Wildman–Crippen LogP) is 10.6. The number of aromatic nitrogens is 4. The van der Waals surface area contributed by atoms with E-state index < -0.39 is 0 Å². The Bertz CT molecular complexity index is 2200. The number of hydrogen-bond acceptors (Lipinski definition) is 3. The third-order valence-electron chi connectivity index (χ3n) is 8.80. The minimum Gasteiger partial charge on any atom is -0.457 e. The number of para-hydroxylation sites is 1. The highest BCUT2D eigenvalue weighted by Crippen LogP contribution is 2.38. The molecule has 0 radical (unpaired) electrons. The van der Waals surface area contributed by atoms with Crippen LogP contribution in [0.5, 0.6) is 11.5 Å². The highest BCUT2D eigenvalue weighted by atomic mass is 16.5. The van der Waals surface area contributed by atoms with Gasteiger partial charge in [0.1, 0.15) is 17.3 Å². The van der Waals surface area contributed by atoms with E-state index in [4.69, 9.17) is 14.8 Å². The maximum absolute atomic E-state index is 6.74. The number of aryl methyl sites for hydroxylation is 2. The molecule has 5 heteroatoms. The van der Waals surface area contributed by atoms with Crippen LogP contribution < -0.4 is 4.74 Å². The Kier molecular flexibility index (Phi) is 7.48. The summed E-state index contributed by atoms with van der Waals surface area (Å²) in [6, 6.07) is 36.2. The third-order valence-corrected chi connectivity index (χ3v) is 8.80. The number of fused-ring (bicyclic) bond motifs is 3. The van der Waals surface area contributed by atoms with Crippen LogP contribution in [0.3, 0.4) is 0 Å². The normalized spacial score (nSPS) is 11.9. The zero-order valence-electron chi connectivity index (χ0n) is 27.5. The highest BCUT2D eigenvalue weighted by molar-refractivity contribution is 6.09. The van der Waals surface area contributed by atoms with Gasteiger partial charge in [0.2, 0.25) is 0 Å². The van der Waals surface area contributed by atoms with Crippen molar-refractivity contribution in [2.24, 2.45) is 0 Å². The van der Waals surface area contributed by atoms with Crippen molar-refractivity contribution >= 4 is 21.8 Å². The number of nitrogens with zero attached hydrogens (tertiary/aromatic N) is 4. The summed E-state index contributed by atoms with van der Waals surface area (Å²) in [6.45, 7) is 13.2. The molecular weight excluding hydrogens is 564 g/mol. The quantitative estimate of drug-likeness (QED) is 0.182. The van der Waals surface area contributed by atoms with Crippen molar-refractivity contribution in [3.05, 3.63) is 132 Å². The van der Waals surface area contributed by atoms with Crippen LogP contribution in [0.4, 0.5) is 0 Å². The van der Waals surface area contributed by atoms with Gasteiger partial charge in [0, 0.05) is 34.7 Å². The predicted molar refractivity (Wildman–Crippen MR) is 190 cm³/mol. The van der Waals surface area contributed by atoms with Gasteiger partial charge < -0.3 is 4.74 Å². The van der Waals surface area contributed by atoms with E-state index in [1.54, 1.807) is 0 Å². The van der Waals surface area contributed by atoms with E-state index in [1.165, 1.54) is 38.7 Å². The van der Waals surface area contributed by atoms with E-state index in [9.17, 15) is 0 Å². The molecule has 7 aromatic rings. The summed E-state index contributed by atoms with van der Waals surface area (Å²) in [6.07, 6.45) is 3.59. The van der Waals surface area contributed by atoms with Crippen molar-refractivity contribution in [1.82, 2.24) is 19.3 Å². The zero-order chi connectivity index (χ0) is 32.0. The van der Waals surface area contributed by atoms with Crippen LogP contribution in [0.2, 0.25) is 0 Å². The molecule has 5 nitrogen and oxygen atoms in total. The summed E-state index contributed by atoms with van der Waals surface area (Å²) in [5.74, 6) is 2.46. The van der Waals surface area contributed by atoms with Gasteiger partial charge in [-0.05, 0) is 84.3 Å². The molecule has 0 fully saturated rings. The van der Waals surface area contributed by atoms with Crippen LogP contribution >= 0.6 is 0 Å². The fraction of sp³-hybridized carbons (Fsp3) is 0.220. The molecule has 0 unspecified atom stereocenters. The first-order valence-corrected chi connectivity index (χ1v) is 16.2. The molecule has 0 spiro atoms. The van der Waals surface area contributed by atoms with Gasteiger partial charge in [0.15, 0.2) is 0 Å². The smallest absolute Gasteiger partial charge is 0.137 e. The van der Waals surface area contributed by atoms with Gasteiger partial charge in [0.25, 0.3) is 0 Å². The first-order chi connectivity index (χ1) is 22.2. The molecule has 0 amide bonds. The first-order valence-electron chi connectivity index (χ1n) is 16.2. The average molecular weight is 605 g/mol. The van der Waals surface area contributed by atoms with Crippen molar-refractivity contribution in [3.63, 3.8) is 0 Å². The van der Waals surface area contributed by atoms with E-state index in [2.05, 4.69) is 148 Å². The second-order valence-corrected chi connectivity index (χ2v) is 13.0. The molecule has 0 bridgehead atoms. The van der Waals surface area contributed by atoms with Crippen molar-refractivity contribution in [3.8, 4) is 34.1 Å². The van der Waals surface area contributed by atoms with Gasteiger partial charge in [-0.3, -0.25) is 4.57 Å². The van der Waals surface area contributed by atoms with Crippen molar-refractivity contribution in [2.75, 3.05) is 0 Å². The Hall–Kier alpha value is -5.16. The van der Waals surface area contributed by atoms with Crippen molar-refractivity contribution in [1.29, 1.82) is 0 Å². The van der Waals surface area contributed by atoms with Crippen LogP contribution in [-0.2, 0) is 18.3 Å². The first kappa shape index (κ1) is 29.5. The Morgan fingerprint density at radius 1 is 0.717 bits per heavy atom. The number of rotatable bonds is 7. The van der Waals surface area contributed by atoms with E-state index in [1.807, 2.05) is 12.3 Å².